The van der Waals surface area contributed by atoms with Crippen LogP contribution in [0.2, 0.25) is 0 Å². The molecule has 29 heavy (non-hydrogen) atoms. The highest BCUT2D eigenvalue weighted by Gasteiger charge is 2.22. The van der Waals surface area contributed by atoms with E-state index in [0.29, 0.717) is 19.4 Å². The van der Waals surface area contributed by atoms with Gasteiger partial charge in [0.1, 0.15) is 6.04 Å². The van der Waals surface area contributed by atoms with E-state index in [0.717, 1.165) is 16.7 Å². The van der Waals surface area contributed by atoms with Crippen molar-refractivity contribution in [2.75, 3.05) is 6.54 Å². The van der Waals surface area contributed by atoms with Gasteiger partial charge in [-0.25, -0.2) is 0 Å². The third-order valence-corrected chi connectivity index (χ3v) is 4.47. The fourth-order valence-corrected chi connectivity index (χ4v) is 2.85. The van der Waals surface area contributed by atoms with Crippen molar-refractivity contribution in [3.8, 4) is 11.1 Å². The number of aliphatic imine (C=N–C) groups is 1. The van der Waals surface area contributed by atoms with Gasteiger partial charge in [-0.2, -0.15) is 0 Å². The maximum Gasteiger partial charge on any atom is 0.240 e. The van der Waals surface area contributed by atoms with Gasteiger partial charge in [0.05, 0.1) is 6.04 Å². The second-order valence-electron chi connectivity index (χ2n) is 6.79. The largest absolute Gasteiger partial charge is 0.370 e. The Labute approximate surface area is 170 Å². The van der Waals surface area contributed by atoms with Crippen molar-refractivity contribution in [3.05, 3.63) is 60.2 Å². The van der Waals surface area contributed by atoms with Crippen LogP contribution in [0.5, 0.6) is 0 Å². The second kappa shape index (κ2) is 10.8. The van der Waals surface area contributed by atoms with Gasteiger partial charge in [-0.15, -0.1) is 0 Å². The Balaban J connectivity index is 1.93. The van der Waals surface area contributed by atoms with Gasteiger partial charge in [-0.05, 0) is 29.5 Å². The van der Waals surface area contributed by atoms with Crippen LogP contribution in [0.4, 0.5) is 0 Å². The smallest absolute Gasteiger partial charge is 0.240 e. The predicted molar refractivity (Wildman–Crippen MR) is 115 cm³/mol. The summed E-state index contributed by atoms with van der Waals surface area (Å²) in [6.45, 7) is 0.385. The Morgan fingerprint density at radius 3 is 2.14 bits per heavy atom. The highest BCUT2D eigenvalue weighted by atomic mass is 16.2. The number of nitrogens with one attached hydrogen (secondary N) is 1. The fourth-order valence-electron chi connectivity index (χ4n) is 2.85. The molecule has 0 bridgehead atoms. The lowest BCUT2D eigenvalue weighted by molar-refractivity contribution is -0.128. The zero-order chi connectivity index (χ0) is 21.2. The Morgan fingerprint density at radius 1 is 0.931 bits per heavy atom. The number of carbonyl (C=O) groups is 2. The first-order valence-corrected chi connectivity index (χ1v) is 9.42. The van der Waals surface area contributed by atoms with Gasteiger partial charge < -0.3 is 28.3 Å². The van der Waals surface area contributed by atoms with Crippen LogP contribution in [0, 0.1) is 0 Å². The van der Waals surface area contributed by atoms with Gasteiger partial charge in [0.15, 0.2) is 5.96 Å². The predicted octanol–water partition coefficient (Wildman–Crippen LogP) is 0.247. The summed E-state index contributed by atoms with van der Waals surface area (Å²) >= 11 is 0. The number of rotatable bonds is 10. The van der Waals surface area contributed by atoms with Gasteiger partial charge in [-0.3, -0.25) is 14.6 Å². The minimum absolute atomic E-state index is 0.00454. The minimum Gasteiger partial charge on any atom is -0.370 e. The fraction of sp³-hybridized carbons (Fsp3) is 0.286. The molecule has 0 spiro atoms. The normalized spacial score (nSPS) is 12.6. The summed E-state index contributed by atoms with van der Waals surface area (Å²) in [5, 5.41) is 2.64. The topological polar surface area (TPSA) is 163 Å². The number of hydrogen-bond acceptors (Lipinski definition) is 4. The lowest BCUT2D eigenvalue weighted by atomic mass is 10.00. The van der Waals surface area contributed by atoms with Crippen LogP contribution >= 0.6 is 0 Å². The molecule has 0 saturated carbocycles. The first kappa shape index (κ1) is 21.9. The highest BCUT2D eigenvalue weighted by Crippen LogP contribution is 2.19. The summed E-state index contributed by atoms with van der Waals surface area (Å²) in [6, 6.07) is 16.1. The molecule has 2 rings (SSSR count). The van der Waals surface area contributed by atoms with E-state index in [1.165, 1.54) is 0 Å². The van der Waals surface area contributed by atoms with Crippen molar-refractivity contribution in [1.82, 2.24) is 5.32 Å². The highest BCUT2D eigenvalue weighted by molar-refractivity contribution is 5.89. The standard InChI is InChI=1S/C21H28N6O2/c22-17(7-4-12-26-21(24)25)20(29)27-18(19(23)28)13-14-8-10-16(11-9-14)15-5-2-1-3-6-15/h1-3,5-6,8-11,17-18H,4,7,12-13,22H2,(H2,23,28)(H,27,29)(H4,24,25,26)/t17-,18-/m0/s1. The van der Waals surface area contributed by atoms with Crippen LogP contribution in [0.3, 0.4) is 0 Å². The number of amides is 2. The summed E-state index contributed by atoms with van der Waals surface area (Å²) in [5.74, 6) is -1.05. The molecule has 0 aliphatic rings. The van der Waals surface area contributed by atoms with E-state index >= 15 is 0 Å². The summed E-state index contributed by atoms with van der Waals surface area (Å²) in [5.41, 5.74) is 24.9. The SMILES string of the molecule is NC(=O)[C@H](Cc1ccc(-c2ccccc2)cc1)NC(=O)[C@@H](N)CCCN=C(N)N. The molecule has 0 aliphatic heterocycles. The molecule has 0 fully saturated rings. The van der Waals surface area contributed by atoms with Crippen molar-refractivity contribution in [3.63, 3.8) is 0 Å². The summed E-state index contributed by atoms with van der Waals surface area (Å²) in [6.07, 6.45) is 1.23. The van der Waals surface area contributed by atoms with E-state index in [2.05, 4.69) is 10.3 Å². The Morgan fingerprint density at radius 2 is 1.55 bits per heavy atom. The van der Waals surface area contributed by atoms with Gasteiger partial charge in [-0.1, -0.05) is 54.6 Å². The molecule has 0 unspecified atom stereocenters. The van der Waals surface area contributed by atoms with Crippen molar-refractivity contribution < 1.29 is 9.59 Å². The summed E-state index contributed by atoms with van der Waals surface area (Å²) in [7, 11) is 0. The van der Waals surface area contributed by atoms with Gasteiger partial charge in [0, 0.05) is 13.0 Å². The molecule has 2 aromatic rings. The molecule has 0 radical (unpaired) electrons. The van der Waals surface area contributed by atoms with Gasteiger partial charge >= 0.3 is 0 Å². The summed E-state index contributed by atoms with van der Waals surface area (Å²) in [4.78, 5) is 27.9. The zero-order valence-electron chi connectivity index (χ0n) is 16.3. The maximum absolute atomic E-state index is 12.3. The number of guanidine groups is 1. The lowest BCUT2D eigenvalue weighted by Crippen LogP contribution is -2.51. The molecule has 154 valence electrons. The van der Waals surface area contributed by atoms with Crippen LogP contribution in [-0.2, 0) is 16.0 Å². The van der Waals surface area contributed by atoms with Crippen LogP contribution in [0.1, 0.15) is 18.4 Å². The molecule has 0 aliphatic carbocycles. The molecule has 2 aromatic carbocycles. The molecule has 0 saturated heterocycles. The Hall–Kier alpha value is -3.39. The number of primary amides is 1. The van der Waals surface area contributed by atoms with Crippen LogP contribution < -0.4 is 28.3 Å². The van der Waals surface area contributed by atoms with E-state index in [-0.39, 0.29) is 12.4 Å². The summed E-state index contributed by atoms with van der Waals surface area (Å²) < 4.78 is 0. The quantitative estimate of drug-likeness (QED) is 0.220. The van der Waals surface area contributed by atoms with E-state index in [4.69, 9.17) is 22.9 Å². The Bertz CT molecular complexity index is 832. The number of hydrogen-bond donors (Lipinski definition) is 5. The molecule has 2 amide bonds. The molecule has 9 N–H and O–H groups in total. The number of carbonyl (C=O) groups excluding carboxylic acids is 2. The number of nitrogens with zero attached hydrogens (tertiary/aromatic N) is 1. The van der Waals surface area contributed by atoms with Crippen molar-refractivity contribution >= 4 is 17.8 Å². The Kier molecular flexibility index (Phi) is 8.17. The van der Waals surface area contributed by atoms with Crippen LogP contribution in [0.25, 0.3) is 11.1 Å². The third-order valence-electron chi connectivity index (χ3n) is 4.47. The van der Waals surface area contributed by atoms with Crippen LogP contribution in [-0.4, -0.2) is 36.4 Å². The van der Waals surface area contributed by atoms with E-state index < -0.39 is 23.9 Å². The van der Waals surface area contributed by atoms with Crippen LogP contribution in [0.15, 0.2) is 59.6 Å². The zero-order valence-corrected chi connectivity index (χ0v) is 16.3. The van der Waals surface area contributed by atoms with E-state index in [9.17, 15) is 9.59 Å². The van der Waals surface area contributed by atoms with E-state index in [1.54, 1.807) is 0 Å². The first-order chi connectivity index (χ1) is 13.9. The average Bonchev–Trinajstić information content (AvgIpc) is 2.71. The number of benzene rings is 2. The molecule has 2 atom stereocenters. The minimum atomic E-state index is -0.839. The monoisotopic (exact) mass is 396 g/mol. The first-order valence-electron chi connectivity index (χ1n) is 9.42. The molecular weight excluding hydrogens is 368 g/mol. The van der Waals surface area contributed by atoms with Gasteiger partial charge in [0.25, 0.3) is 0 Å². The molecule has 0 aromatic heterocycles. The number of nitrogens with two attached hydrogens (primary N) is 4. The van der Waals surface area contributed by atoms with E-state index in [1.807, 2.05) is 54.6 Å². The average molecular weight is 396 g/mol. The second-order valence-corrected chi connectivity index (χ2v) is 6.79. The third kappa shape index (κ3) is 7.27. The molecule has 8 heteroatoms. The van der Waals surface area contributed by atoms with Crippen molar-refractivity contribution in [2.45, 2.75) is 31.3 Å². The molecule has 8 nitrogen and oxygen atoms in total. The van der Waals surface area contributed by atoms with Crippen molar-refractivity contribution in [2.24, 2.45) is 27.9 Å². The maximum atomic E-state index is 12.3. The van der Waals surface area contributed by atoms with Crippen molar-refractivity contribution in [1.29, 1.82) is 0 Å². The molecular formula is C21H28N6O2. The molecule has 0 heterocycles. The lowest BCUT2D eigenvalue weighted by Gasteiger charge is -2.19. The van der Waals surface area contributed by atoms with Gasteiger partial charge in [0.2, 0.25) is 11.8 Å².